The molecule has 0 radical (unpaired) electrons. The number of anilines is 1. The van der Waals surface area contributed by atoms with Crippen molar-refractivity contribution < 1.29 is 14.3 Å². The number of hydrogen-bond acceptors (Lipinski definition) is 4. The van der Waals surface area contributed by atoms with Crippen molar-refractivity contribution in [3.05, 3.63) is 101 Å². The number of nitrogens with zero attached hydrogens (tertiary/aromatic N) is 2. The lowest BCUT2D eigenvalue weighted by Gasteiger charge is -2.21. The summed E-state index contributed by atoms with van der Waals surface area (Å²) in [6.45, 7) is 2.48. The van der Waals surface area contributed by atoms with E-state index in [0.717, 1.165) is 11.1 Å². The standard InChI is InChI=1S/C26H24N2O3/c1-18-9-13-21(14-10-18)28-25(29)23(20-11-15-22(31-3)16-12-20)24(26(28)30)27(2)17-19-7-5-4-6-8-19/h4-16H,17H2,1-3H3. The van der Waals surface area contributed by atoms with E-state index < -0.39 is 0 Å². The zero-order valence-electron chi connectivity index (χ0n) is 17.8. The summed E-state index contributed by atoms with van der Waals surface area (Å²) >= 11 is 0. The maximum absolute atomic E-state index is 13.5. The van der Waals surface area contributed by atoms with Gasteiger partial charge in [0, 0.05) is 13.6 Å². The van der Waals surface area contributed by atoms with Crippen molar-refractivity contribution in [2.75, 3.05) is 19.1 Å². The molecule has 5 heteroatoms. The second-order valence-electron chi connectivity index (χ2n) is 7.58. The van der Waals surface area contributed by atoms with Crippen molar-refractivity contribution in [2.45, 2.75) is 13.5 Å². The largest absolute Gasteiger partial charge is 0.497 e. The summed E-state index contributed by atoms with van der Waals surface area (Å²) in [7, 11) is 3.44. The van der Waals surface area contributed by atoms with E-state index in [1.165, 1.54) is 4.90 Å². The Hall–Kier alpha value is -3.86. The number of rotatable bonds is 6. The molecule has 1 aliphatic rings. The van der Waals surface area contributed by atoms with Crippen LogP contribution in [-0.2, 0) is 16.1 Å². The predicted molar refractivity (Wildman–Crippen MR) is 121 cm³/mol. The fourth-order valence-electron chi connectivity index (χ4n) is 3.75. The van der Waals surface area contributed by atoms with Gasteiger partial charge in [-0.15, -0.1) is 0 Å². The van der Waals surface area contributed by atoms with E-state index in [1.54, 1.807) is 31.4 Å². The van der Waals surface area contributed by atoms with E-state index in [1.807, 2.05) is 73.5 Å². The summed E-state index contributed by atoms with van der Waals surface area (Å²) in [5.74, 6) is 0.0442. The SMILES string of the molecule is COc1ccc(C2=C(N(C)Cc3ccccc3)C(=O)N(c3ccc(C)cc3)C2=O)cc1. The first-order chi connectivity index (χ1) is 15.0. The molecular weight excluding hydrogens is 388 g/mol. The van der Waals surface area contributed by atoms with E-state index in [9.17, 15) is 9.59 Å². The van der Waals surface area contributed by atoms with Gasteiger partial charge < -0.3 is 9.64 Å². The van der Waals surface area contributed by atoms with Crippen LogP contribution in [0.2, 0.25) is 0 Å². The molecule has 156 valence electrons. The zero-order valence-corrected chi connectivity index (χ0v) is 17.8. The summed E-state index contributed by atoms with van der Waals surface area (Å²) in [6, 6.07) is 24.5. The molecule has 1 aliphatic heterocycles. The highest BCUT2D eigenvalue weighted by Gasteiger charge is 2.41. The summed E-state index contributed by atoms with van der Waals surface area (Å²) in [6.07, 6.45) is 0. The molecule has 0 spiro atoms. The molecule has 1 heterocycles. The summed E-state index contributed by atoms with van der Waals surface area (Å²) in [5.41, 5.74) is 4.15. The minimum atomic E-state index is -0.325. The Morgan fingerprint density at radius 1 is 0.839 bits per heavy atom. The monoisotopic (exact) mass is 412 g/mol. The van der Waals surface area contributed by atoms with Crippen LogP contribution in [0, 0.1) is 6.92 Å². The van der Waals surface area contributed by atoms with Crippen molar-refractivity contribution in [1.29, 1.82) is 0 Å². The number of carbonyl (C=O) groups is 2. The lowest BCUT2D eigenvalue weighted by molar-refractivity contribution is -0.120. The van der Waals surface area contributed by atoms with Gasteiger partial charge in [0.1, 0.15) is 11.4 Å². The maximum atomic E-state index is 13.5. The third-order valence-corrected chi connectivity index (χ3v) is 5.37. The second-order valence-corrected chi connectivity index (χ2v) is 7.58. The zero-order chi connectivity index (χ0) is 22.0. The van der Waals surface area contributed by atoms with Gasteiger partial charge in [-0.2, -0.15) is 0 Å². The fourth-order valence-corrected chi connectivity index (χ4v) is 3.75. The average Bonchev–Trinajstić information content (AvgIpc) is 3.05. The smallest absolute Gasteiger partial charge is 0.282 e. The second kappa shape index (κ2) is 8.48. The molecule has 2 amide bonds. The molecule has 3 aromatic carbocycles. The van der Waals surface area contributed by atoms with Crippen LogP contribution in [0.3, 0.4) is 0 Å². The van der Waals surface area contributed by atoms with Crippen molar-refractivity contribution in [2.24, 2.45) is 0 Å². The fraction of sp³-hybridized carbons (Fsp3) is 0.154. The van der Waals surface area contributed by atoms with Gasteiger partial charge in [-0.3, -0.25) is 9.59 Å². The Labute approximate surface area is 182 Å². The number of hydrogen-bond donors (Lipinski definition) is 0. The molecule has 5 nitrogen and oxygen atoms in total. The van der Waals surface area contributed by atoms with Crippen LogP contribution in [0.1, 0.15) is 16.7 Å². The molecule has 0 aliphatic carbocycles. The van der Waals surface area contributed by atoms with Gasteiger partial charge in [-0.1, -0.05) is 60.2 Å². The highest BCUT2D eigenvalue weighted by atomic mass is 16.5. The number of benzene rings is 3. The van der Waals surface area contributed by atoms with Crippen LogP contribution in [0.5, 0.6) is 5.75 Å². The highest BCUT2D eigenvalue weighted by molar-refractivity contribution is 6.45. The molecule has 0 unspecified atom stereocenters. The van der Waals surface area contributed by atoms with Gasteiger partial charge in [0.25, 0.3) is 11.8 Å². The van der Waals surface area contributed by atoms with Crippen molar-refractivity contribution in [1.82, 2.24) is 4.90 Å². The molecule has 0 aromatic heterocycles. The van der Waals surface area contributed by atoms with Crippen LogP contribution in [-0.4, -0.2) is 30.9 Å². The van der Waals surface area contributed by atoms with E-state index in [0.29, 0.717) is 34.8 Å². The van der Waals surface area contributed by atoms with Crippen LogP contribution in [0.4, 0.5) is 5.69 Å². The molecule has 0 fully saturated rings. The molecule has 0 saturated carbocycles. The third kappa shape index (κ3) is 3.94. The van der Waals surface area contributed by atoms with E-state index in [4.69, 9.17) is 4.74 Å². The third-order valence-electron chi connectivity index (χ3n) is 5.37. The molecular formula is C26H24N2O3. The lowest BCUT2D eigenvalue weighted by atomic mass is 10.0. The number of likely N-dealkylation sites (N-methyl/N-ethyl adjacent to an activating group) is 1. The topological polar surface area (TPSA) is 49.9 Å². The summed E-state index contributed by atoms with van der Waals surface area (Å²) in [5, 5.41) is 0. The minimum absolute atomic E-state index is 0.321. The van der Waals surface area contributed by atoms with E-state index in [2.05, 4.69) is 0 Å². The van der Waals surface area contributed by atoms with Crippen molar-refractivity contribution in [3.63, 3.8) is 0 Å². The average molecular weight is 412 g/mol. The number of ether oxygens (including phenoxy) is 1. The van der Waals surface area contributed by atoms with E-state index in [-0.39, 0.29) is 11.8 Å². The highest BCUT2D eigenvalue weighted by Crippen LogP contribution is 2.35. The quantitative estimate of drug-likeness (QED) is 0.563. The van der Waals surface area contributed by atoms with Crippen LogP contribution >= 0.6 is 0 Å². The number of methoxy groups -OCH3 is 1. The number of imide groups is 1. The van der Waals surface area contributed by atoms with Crippen LogP contribution in [0.25, 0.3) is 5.57 Å². The number of aryl methyl sites for hydroxylation is 1. The first-order valence-electron chi connectivity index (χ1n) is 10.1. The Bertz CT molecular complexity index is 1130. The molecule has 0 saturated heterocycles. The van der Waals surface area contributed by atoms with Gasteiger partial charge in [0.05, 0.1) is 18.4 Å². The number of amides is 2. The van der Waals surface area contributed by atoms with Gasteiger partial charge in [-0.25, -0.2) is 4.90 Å². The normalized spacial score (nSPS) is 13.7. The first-order valence-corrected chi connectivity index (χ1v) is 10.1. The molecule has 3 aromatic rings. The summed E-state index contributed by atoms with van der Waals surface area (Å²) < 4.78 is 5.25. The van der Waals surface area contributed by atoms with Gasteiger partial charge in [0.2, 0.25) is 0 Å². The van der Waals surface area contributed by atoms with Crippen LogP contribution in [0.15, 0.2) is 84.6 Å². The van der Waals surface area contributed by atoms with Gasteiger partial charge in [-0.05, 0) is 42.3 Å². The first kappa shape index (κ1) is 20.4. The lowest BCUT2D eigenvalue weighted by Crippen LogP contribution is -2.34. The predicted octanol–water partition coefficient (Wildman–Crippen LogP) is 4.42. The van der Waals surface area contributed by atoms with Gasteiger partial charge >= 0.3 is 0 Å². The molecule has 4 rings (SSSR count). The Kier molecular flexibility index (Phi) is 5.58. The molecule has 0 atom stereocenters. The molecule has 0 bridgehead atoms. The summed E-state index contributed by atoms with van der Waals surface area (Å²) in [4.78, 5) is 30.1. The van der Waals surface area contributed by atoms with Crippen molar-refractivity contribution >= 4 is 23.1 Å². The Morgan fingerprint density at radius 2 is 1.48 bits per heavy atom. The molecule has 31 heavy (non-hydrogen) atoms. The Balaban J connectivity index is 1.78. The van der Waals surface area contributed by atoms with Crippen LogP contribution < -0.4 is 9.64 Å². The number of carbonyl (C=O) groups excluding carboxylic acids is 2. The van der Waals surface area contributed by atoms with Gasteiger partial charge in [0.15, 0.2) is 0 Å². The van der Waals surface area contributed by atoms with Crippen molar-refractivity contribution in [3.8, 4) is 5.75 Å². The van der Waals surface area contributed by atoms with E-state index >= 15 is 0 Å². The maximum Gasteiger partial charge on any atom is 0.282 e. The minimum Gasteiger partial charge on any atom is -0.497 e. The Morgan fingerprint density at radius 3 is 2.10 bits per heavy atom. The molecule has 0 N–H and O–H groups in total.